The minimum atomic E-state index is -4.80. The van der Waals surface area contributed by atoms with Crippen LogP contribution in [0.5, 0.6) is 0 Å². The number of rotatable bonds is 14. The fraction of sp³-hybridized carbons (Fsp3) is 0.619. The summed E-state index contributed by atoms with van der Waals surface area (Å²) < 4.78 is 43.9. The average molecular weight is 467 g/mol. The van der Waals surface area contributed by atoms with Gasteiger partial charge in [-0.15, -0.1) is 0 Å². The fourth-order valence-corrected chi connectivity index (χ4v) is 3.55. The molecule has 164 valence electrons. The zero-order valence-electron chi connectivity index (χ0n) is 18.2. The van der Waals surface area contributed by atoms with Crippen molar-refractivity contribution in [1.29, 1.82) is 0 Å². The Labute approximate surface area is 222 Å². The van der Waals surface area contributed by atoms with Gasteiger partial charge in [-0.25, -0.2) is 18.0 Å². The molecule has 0 radical (unpaired) electrons. The van der Waals surface area contributed by atoms with E-state index in [1.54, 1.807) is 13.0 Å². The van der Waals surface area contributed by atoms with E-state index >= 15 is 0 Å². The molecule has 0 aromatic heterocycles. The smallest absolute Gasteiger partial charge is 0.745 e. The third kappa shape index (κ3) is 11.4. The van der Waals surface area contributed by atoms with Crippen LogP contribution in [0.3, 0.4) is 0 Å². The second-order valence-corrected chi connectivity index (χ2v) is 8.43. The van der Waals surface area contributed by atoms with E-state index < -0.39 is 27.5 Å². The van der Waals surface area contributed by atoms with Gasteiger partial charge in [-0.05, 0) is 25.0 Å². The normalized spacial score (nSPS) is 12.0. The molecule has 1 atom stereocenters. The maximum Gasteiger partial charge on any atom is 1.00 e. The zero-order chi connectivity index (χ0) is 21.7. The number of carbonyl (C=O) groups is 2. The summed E-state index contributed by atoms with van der Waals surface area (Å²) in [6.07, 6.45) is 7.82. The van der Waals surface area contributed by atoms with E-state index in [9.17, 15) is 22.6 Å². The van der Waals surface area contributed by atoms with E-state index in [2.05, 4.69) is 6.92 Å². The molecule has 0 aliphatic rings. The van der Waals surface area contributed by atoms with Gasteiger partial charge in [0.2, 0.25) is 0 Å². The van der Waals surface area contributed by atoms with Gasteiger partial charge in [-0.3, -0.25) is 0 Å². The summed E-state index contributed by atoms with van der Waals surface area (Å²) in [5.41, 5.74) is -1.92. The fourth-order valence-electron chi connectivity index (χ4n) is 2.82. The van der Waals surface area contributed by atoms with Crippen molar-refractivity contribution in [2.24, 2.45) is 0 Å². The second kappa shape index (κ2) is 16.4. The molecule has 0 amide bonds. The van der Waals surface area contributed by atoms with Crippen LogP contribution in [0.25, 0.3) is 0 Å². The third-order valence-electron chi connectivity index (χ3n) is 4.43. The van der Waals surface area contributed by atoms with Crippen LogP contribution in [0.4, 0.5) is 0 Å². The maximum atomic E-state index is 12.4. The molecule has 0 saturated carbocycles. The summed E-state index contributed by atoms with van der Waals surface area (Å²) in [7, 11) is -4.80. The molecule has 9 heteroatoms. The average Bonchev–Trinajstić information content (AvgIpc) is 2.68. The van der Waals surface area contributed by atoms with E-state index in [1.807, 2.05) is 0 Å². The Bertz CT molecular complexity index is 749. The van der Waals surface area contributed by atoms with Crippen molar-refractivity contribution in [1.82, 2.24) is 0 Å². The summed E-state index contributed by atoms with van der Waals surface area (Å²) in [4.78, 5) is 24.7. The first-order valence-corrected chi connectivity index (χ1v) is 11.7. The van der Waals surface area contributed by atoms with Gasteiger partial charge in [0.15, 0.2) is 5.44 Å². The summed E-state index contributed by atoms with van der Waals surface area (Å²) in [5.74, 6) is -1.72. The number of hydrogen-bond donors (Lipinski definition) is 0. The first-order chi connectivity index (χ1) is 13.8. The molecule has 0 N–H and O–H groups in total. The molecule has 1 unspecified atom stereocenters. The minimum Gasteiger partial charge on any atom is -0.745 e. The number of ether oxygens (including phenoxy) is 2. The Hall–Kier alpha value is -0.294. The number of carbonyl (C=O) groups excluding carboxylic acids is 2. The van der Waals surface area contributed by atoms with Crippen LogP contribution in [0, 0.1) is 0 Å². The van der Waals surface area contributed by atoms with Crippen LogP contribution in [0.1, 0.15) is 92.4 Å². The molecule has 7 nitrogen and oxygen atoms in total. The monoisotopic (exact) mass is 466 g/mol. The van der Waals surface area contributed by atoms with Crippen molar-refractivity contribution in [2.75, 3.05) is 6.61 Å². The van der Waals surface area contributed by atoms with E-state index in [0.29, 0.717) is 6.42 Å². The molecule has 1 aromatic rings. The van der Waals surface area contributed by atoms with Gasteiger partial charge in [0.1, 0.15) is 10.1 Å². The Balaban J connectivity index is 0.00000841. The van der Waals surface area contributed by atoms with Crippen molar-refractivity contribution in [3.8, 4) is 0 Å². The number of esters is 2. The Kier molecular flexibility index (Phi) is 16.2. The summed E-state index contributed by atoms with van der Waals surface area (Å²) in [5, 5.41) is 0. The third-order valence-corrected chi connectivity index (χ3v) is 5.41. The molecule has 0 aliphatic heterocycles. The molecule has 0 bridgehead atoms. The van der Waals surface area contributed by atoms with Gasteiger partial charge >= 0.3 is 63.3 Å². The topological polar surface area (TPSA) is 110 Å². The molecule has 0 aliphatic carbocycles. The molecule has 1 rings (SSSR count). The predicted molar refractivity (Wildman–Crippen MR) is 109 cm³/mol. The standard InChI is InChI=1S/C21H32O7S.K/c1-3-5-6-7-8-9-12-16-27-20(22)17-14-10-11-15-18(17)21(23)28-19(13-4-2)29(24,25)26;/h10-11,14-15,19H,3-9,12-13,16H2,1-2H3,(H,24,25,26);/q;+1/p-1. The van der Waals surface area contributed by atoms with E-state index in [-0.39, 0.29) is 75.5 Å². The summed E-state index contributed by atoms with van der Waals surface area (Å²) in [6.45, 7) is 4.07. The van der Waals surface area contributed by atoms with Gasteiger partial charge in [-0.1, -0.05) is 70.9 Å². The Morgan fingerprint density at radius 1 is 0.900 bits per heavy atom. The largest absolute Gasteiger partial charge is 1.00 e. The van der Waals surface area contributed by atoms with Crippen molar-refractivity contribution in [3.05, 3.63) is 35.4 Å². The van der Waals surface area contributed by atoms with Gasteiger partial charge in [0, 0.05) is 0 Å². The molecule has 0 spiro atoms. The molecular formula is C21H31KO7S. The van der Waals surface area contributed by atoms with Crippen LogP contribution >= 0.6 is 0 Å². The molecule has 0 saturated heterocycles. The van der Waals surface area contributed by atoms with Gasteiger partial charge in [0.05, 0.1) is 17.7 Å². The van der Waals surface area contributed by atoms with Crippen molar-refractivity contribution in [3.63, 3.8) is 0 Å². The first kappa shape index (κ1) is 29.7. The zero-order valence-corrected chi connectivity index (χ0v) is 22.2. The molecule has 30 heavy (non-hydrogen) atoms. The van der Waals surface area contributed by atoms with Crippen LogP contribution in [-0.2, 0) is 19.6 Å². The number of hydrogen-bond acceptors (Lipinski definition) is 7. The van der Waals surface area contributed by atoms with Gasteiger partial charge < -0.3 is 14.0 Å². The maximum absolute atomic E-state index is 12.4. The van der Waals surface area contributed by atoms with Gasteiger partial charge in [-0.2, -0.15) is 0 Å². The molecule has 0 heterocycles. The van der Waals surface area contributed by atoms with E-state index in [0.717, 1.165) is 25.7 Å². The minimum absolute atomic E-state index is 0. The van der Waals surface area contributed by atoms with Gasteiger partial charge in [0.25, 0.3) is 0 Å². The molecule has 0 fully saturated rings. The summed E-state index contributed by atoms with van der Waals surface area (Å²) in [6, 6.07) is 5.83. The summed E-state index contributed by atoms with van der Waals surface area (Å²) >= 11 is 0. The quantitative estimate of drug-likeness (QED) is 0.176. The number of unbranched alkanes of at least 4 members (excludes halogenated alkanes) is 6. The van der Waals surface area contributed by atoms with Crippen LogP contribution in [-0.4, -0.2) is 37.0 Å². The van der Waals surface area contributed by atoms with E-state index in [1.165, 1.54) is 37.5 Å². The predicted octanol–water partition coefficient (Wildman–Crippen LogP) is 1.43. The Morgan fingerprint density at radius 3 is 1.97 bits per heavy atom. The molecular weight excluding hydrogens is 435 g/mol. The van der Waals surface area contributed by atoms with Crippen molar-refractivity contribution >= 4 is 22.1 Å². The molecule has 1 aromatic carbocycles. The van der Waals surface area contributed by atoms with Crippen molar-refractivity contribution < 1.29 is 83.4 Å². The number of benzene rings is 1. The van der Waals surface area contributed by atoms with Crippen LogP contribution < -0.4 is 51.4 Å². The van der Waals surface area contributed by atoms with E-state index in [4.69, 9.17) is 9.47 Å². The van der Waals surface area contributed by atoms with Crippen molar-refractivity contribution in [2.45, 2.75) is 77.1 Å². The first-order valence-electron chi connectivity index (χ1n) is 10.2. The second-order valence-electron chi connectivity index (χ2n) is 6.92. The van der Waals surface area contributed by atoms with Crippen LogP contribution in [0.2, 0.25) is 0 Å². The van der Waals surface area contributed by atoms with Crippen LogP contribution in [0.15, 0.2) is 24.3 Å². The SMILES string of the molecule is CCCCCCCCCOC(=O)c1ccccc1C(=O)OC(CCC)S(=O)(=O)[O-].[K+]. The Morgan fingerprint density at radius 2 is 1.43 bits per heavy atom.